The fourth-order valence-electron chi connectivity index (χ4n) is 3.01. The van der Waals surface area contributed by atoms with Gasteiger partial charge in [0.1, 0.15) is 12.2 Å². The number of aryl methyl sites for hydroxylation is 1. The summed E-state index contributed by atoms with van der Waals surface area (Å²) in [6.45, 7) is 0.798. The molecule has 0 N–H and O–H groups in total. The number of rotatable bonds is 2. The zero-order chi connectivity index (χ0) is 15.0. The SMILES string of the molecule is COC(=O)Cn1c2c(c3ccccc31)CCCN(C)C2=O. The maximum Gasteiger partial charge on any atom is 0.325 e. The first-order chi connectivity index (χ1) is 10.1. The third-order valence-corrected chi connectivity index (χ3v) is 4.06. The van der Waals surface area contributed by atoms with E-state index in [1.54, 1.807) is 16.5 Å². The van der Waals surface area contributed by atoms with Gasteiger partial charge in [-0.1, -0.05) is 18.2 Å². The van der Waals surface area contributed by atoms with Gasteiger partial charge >= 0.3 is 5.97 Å². The van der Waals surface area contributed by atoms with Crippen LogP contribution in [0.2, 0.25) is 0 Å². The van der Waals surface area contributed by atoms with E-state index in [2.05, 4.69) is 0 Å². The normalized spacial score (nSPS) is 15.0. The highest BCUT2D eigenvalue weighted by Gasteiger charge is 2.28. The maximum atomic E-state index is 12.6. The van der Waals surface area contributed by atoms with Gasteiger partial charge in [0, 0.05) is 24.5 Å². The van der Waals surface area contributed by atoms with Crippen LogP contribution in [0, 0.1) is 0 Å². The van der Waals surface area contributed by atoms with Crippen molar-refractivity contribution >= 4 is 22.8 Å². The Bertz CT molecular complexity index is 718. The second-order valence-corrected chi connectivity index (χ2v) is 5.34. The van der Waals surface area contributed by atoms with Gasteiger partial charge in [-0.05, 0) is 24.5 Å². The van der Waals surface area contributed by atoms with Crippen LogP contribution < -0.4 is 0 Å². The third-order valence-electron chi connectivity index (χ3n) is 4.06. The van der Waals surface area contributed by atoms with E-state index in [4.69, 9.17) is 4.74 Å². The van der Waals surface area contributed by atoms with Crippen LogP contribution in [-0.4, -0.2) is 42.0 Å². The first kappa shape index (κ1) is 13.7. The Hall–Kier alpha value is -2.30. The Balaban J connectivity index is 2.26. The van der Waals surface area contributed by atoms with Crippen molar-refractivity contribution in [3.8, 4) is 0 Å². The predicted molar refractivity (Wildman–Crippen MR) is 79.2 cm³/mol. The molecule has 3 rings (SSSR count). The van der Waals surface area contributed by atoms with Gasteiger partial charge in [-0.3, -0.25) is 9.59 Å². The van der Waals surface area contributed by atoms with Gasteiger partial charge < -0.3 is 14.2 Å². The molecule has 0 spiro atoms. The van der Waals surface area contributed by atoms with Crippen LogP contribution in [0.15, 0.2) is 24.3 Å². The van der Waals surface area contributed by atoms with Crippen molar-refractivity contribution in [2.45, 2.75) is 19.4 Å². The minimum atomic E-state index is -0.349. The summed E-state index contributed by atoms with van der Waals surface area (Å²) in [5, 5.41) is 1.06. The molecule has 1 aliphatic rings. The Morgan fingerprint density at radius 2 is 2.10 bits per heavy atom. The molecule has 0 bridgehead atoms. The molecule has 0 fully saturated rings. The zero-order valence-electron chi connectivity index (χ0n) is 12.3. The topological polar surface area (TPSA) is 51.5 Å². The minimum Gasteiger partial charge on any atom is -0.468 e. The van der Waals surface area contributed by atoms with Crippen LogP contribution in [0.5, 0.6) is 0 Å². The molecule has 5 heteroatoms. The molecule has 2 aromatic rings. The molecule has 2 heterocycles. The molecule has 21 heavy (non-hydrogen) atoms. The number of nitrogens with zero attached hydrogens (tertiary/aromatic N) is 2. The Morgan fingerprint density at radius 3 is 2.86 bits per heavy atom. The highest BCUT2D eigenvalue weighted by Crippen LogP contribution is 2.30. The molecule has 0 atom stereocenters. The lowest BCUT2D eigenvalue weighted by Gasteiger charge is -2.16. The summed E-state index contributed by atoms with van der Waals surface area (Å²) in [4.78, 5) is 26.1. The zero-order valence-corrected chi connectivity index (χ0v) is 12.3. The molecule has 0 saturated heterocycles. The number of hydrogen-bond donors (Lipinski definition) is 0. The number of aromatic nitrogens is 1. The van der Waals surface area contributed by atoms with Gasteiger partial charge in [0.2, 0.25) is 0 Å². The van der Waals surface area contributed by atoms with Crippen molar-refractivity contribution in [2.24, 2.45) is 0 Å². The monoisotopic (exact) mass is 286 g/mol. The van der Waals surface area contributed by atoms with Gasteiger partial charge in [0.15, 0.2) is 0 Å². The summed E-state index contributed by atoms with van der Waals surface area (Å²) in [7, 11) is 3.16. The standard InChI is InChI=1S/C16H18N2O3/c1-17-9-5-7-12-11-6-3-4-8-13(11)18(10-14(19)21-2)15(12)16(17)20/h3-4,6,8H,5,7,9-10H2,1-2H3. The molecule has 0 unspecified atom stereocenters. The average molecular weight is 286 g/mol. The summed E-state index contributed by atoms with van der Waals surface area (Å²) in [6.07, 6.45) is 1.78. The van der Waals surface area contributed by atoms with Gasteiger partial charge in [-0.2, -0.15) is 0 Å². The number of amides is 1. The van der Waals surface area contributed by atoms with E-state index in [0.717, 1.165) is 35.9 Å². The van der Waals surface area contributed by atoms with Crippen LogP contribution in [0.4, 0.5) is 0 Å². The summed E-state index contributed by atoms with van der Waals surface area (Å²) >= 11 is 0. The molecular formula is C16H18N2O3. The highest BCUT2D eigenvalue weighted by atomic mass is 16.5. The summed E-state index contributed by atoms with van der Waals surface area (Å²) < 4.78 is 6.56. The molecule has 1 amide bonds. The minimum absolute atomic E-state index is 0.0254. The van der Waals surface area contributed by atoms with Gasteiger partial charge in [0.05, 0.1) is 7.11 Å². The quantitative estimate of drug-likeness (QED) is 0.791. The molecule has 110 valence electrons. The fraction of sp³-hybridized carbons (Fsp3) is 0.375. The van der Waals surface area contributed by atoms with Crippen LogP contribution in [0.25, 0.3) is 10.9 Å². The van der Waals surface area contributed by atoms with Crippen molar-refractivity contribution < 1.29 is 14.3 Å². The van der Waals surface area contributed by atoms with Crippen molar-refractivity contribution in [3.63, 3.8) is 0 Å². The van der Waals surface area contributed by atoms with Crippen LogP contribution in [-0.2, 0) is 22.5 Å². The van der Waals surface area contributed by atoms with Crippen LogP contribution in [0.3, 0.4) is 0 Å². The van der Waals surface area contributed by atoms with E-state index in [-0.39, 0.29) is 18.4 Å². The van der Waals surface area contributed by atoms with Crippen molar-refractivity contribution in [3.05, 3.63) is 35.5 Å². The number of fused-ring (bicyclic) bond motifs is 3. The van der Waals surface area contributed by atoms with Crippen molar-refractivity contribution in [1.82, 2.24) is 9.47 Å². The predicted octanol–water partition coefficient (Wildman–Crippen LogP) is 1.83. The molecule has 5 nitrogen and oxygen atoms in total. The first-order valence-corrected chi connectivity index (χ1v) is 7.06. The van der Waals surface area contributed by atoms with E-state index in [9.17, 15) is 9.59 Å². The van der Waals surface area contributed by atoms with Gasteiger partial charge in [-0.15, -0.1) is 0 Å². The van der Waals surface area contributed by atoms with Crippen molar-refractivity contribution in [1.29, 1.82) is 0 Å². The first-order valence-electron chi connectivity index (χ1n) is 7.06. The number of methoxy groups -OCH3 is 1. The van der Waals surface area contributed by atoms with Crippen molar-refractivity contribution in [2.75, 3.05) is 20.7 Å². The summed E-state index contributed by atoms with van der Waals surface area (Å²) in [5.41, 5.74) is 2.59. The number of carbonyl (C=O) groups excluding carboxylic acids is 2. The van der Waals surface area contributed by atoms with E-state index in [0.29, 0.717) is 5.69 Å². The smallest absolute Gasteiger partial charge is 0.325 e. The molecule has 1 aliphatic heterocycles. The lowest BCUT2D eigenvalue weighted by Crippen LogP contribution is -2.29. The number of benzene rings is 1. The van der Waals surface area contributed by atoms with Gasteiger partial charge in [-0.25, -0.2) is 0 Å². The number of ether oxygens (including phenoxy) is 1. The van der Waals surface area contributed by atoms with Crippen LogP contribution >= 0.6 is 0 Å². The number of para-hydroxylation sites is 1. The summed E-state index contributed by atoms with van der Waals surface area (Å²) in [6, 6.07) is 7.84. The second kappa shape index (κ2) is 5.24. The summed E-state index contributed by atoms with van der Waals surface area (Å²) in [5.74, 6) is -0.374. The molecule has 0 saturated carbocycles. The van der Waals surface area contributed by atoms with Gasteiger partial charge in [0.25, 0.3) is 5.91 Å². The number of esters is 1. The van der Waals surface area contributed by atoms with E-state index in [1.165, 1.54) is 7.11 Å². The maximum absolute atomic E-state index is 12.6. The lowest BCUT2D eigenvalue weighted by molar-refractivity contribution is -0.141. The van der Waals surface area contributed by atoms with Crippen LogP contribution in [0.1, 0.15) is 22.5 Å². The van der Waals surface area contributed by atoms with E-state index >= 15 is 0 Å². The Morgan fingerprint density at radius 1 is 1.33 bits per heavy atom. The molecule has 0 radical (unpaired) electrons. The largest absolute Gasteiger partial charge is 0.468 e. The number of carbonyl (C=O) groups is 2. The average Bonchev–Trinajstić information content (AvgIpc) is 2.72. The third kappa shape index (κ3) is 2.18. The Labute approximate surface area is 123 Å². The molecular weight excluding hydrogens is 268 g/mol. The van der Waals surface area contributed by atoms with E-state index in [1.807, 2.05) is 24.3 Å². The van der Waals surface area contributed by atoms with E-state index < -0.39 is 0 Å². The highest BCUT2D eigenvalue weighted by molar-refractivity contribution is 6.02. The fourth-order valence-corrected chi connectivity index (χ4v) is 3.01. The molecule has 1 aromatic carbocycles. The molecule has 1 aromatic heterocycles. The molecule has 0 aliphatic carbocycles. The lowest BCUT2D eigenvalue weighted by atomic mass is 10.1. The number of hydrogen-bond acceptors (Lipinski definition) is 3. The Kier molecular flexibility index (Phi) is 3.41. The second-order valence-electron chi connectivity index (χ2n) is 5.34.